The van der Waals surface area contributed by atoms with E-state index in [9.17, 15) is 79.4 Å². The lowest BCUT2D eigenvalue weighted by Crippen LogP contribution is -2.78. The van der Waals surface area contributed by atoms with E-state index in [1.807, 2.05) is 0 Å². The fourth-order valence-electron chi connectivity index (χ4n) is 11.3. The van der Waals surface area contributed by atoms with Crippen LogP contribution in [0.25, 0.3) is 0 Å². The van der Waals surface area contributed by atoms with Gasteiger partial charge in [-0.05, 0) is 41.5 Å². The van der Waals surface area contributed by atoms with Gasteiger partial charge in [0.15, 0.2) is 73.9 Å². The SMILES string of the molecule is CO[C@H]1O[C@@H](COS(=O)(=O)O)[C@@H](O[C@@H]2OC(C)(C(=O)O)[C@@](C)(O[C@H]3OC(C(C)OS(=O)(=O)O)[C@@H](O[C@@H]4O[C@@H](C(=O)O)[C@@H](O[C@H]5O[C@@H](COSOOO)[C@@H](OC)C(C)(OC)C5NSOOO)C(C)(OC)C4O)[C@H](OSOOO)C3NSOOO)[C@@H](O)C2OS(=O)(=O)O)C(C)(OC)C1NSOOO. The monoisotopic (exact) mass is 1650 g/mol. The average molecular weight is 1650 g/mol. The molecule has 26 atom stereocenters. The van der Waals surface area contributed by atoms with Gasteiger partial charge in [-0.3, -0.25) is 22.0 Å². The van der Waals surface area contributed by atoms with Gasteiger partial charge in [-0.15, -0.1) is 21.7 Å². The Morgan fingerprint density at radius 1 is 0.545 bits per heavy atom. The summed E-state index contributed by atoms with van der Waals surface area (Å²) >= 11 is -0.130. The molecule has 5 saturated heterocycles. The van der Waals surface area contributed by atoms with E-state index < -0.39 is 213 Å². The first-order valence-electron chi connectivity index (χ1n) is 27.4. The van der Waals surface area contributed by atoms with Gasteiger partial charge >= 0.3 is 43.1 Å². The van der Waals surface area contributed by atoms with Crippen molar-refractivity contribution in [1.29, 1.82) is 0 Å². The van der Waals surface area contributed by atoms with Crippen molar-refractivity contribution in [3.05, 3.63) is 0 Å². The smallest absolute Gasteiger partial charge is 0.397 e. The zero-order valence-electron chi connectivity index (χ0n) is 53.3. The van der Waals surface area contributed by atoms with E-state index in [4.69, 9.17) is 98.8 Å². The van der Waals surface area contributed by atoms with E-state index in [0.29, 0.717) is 13.8 Å². The van der Waals surface area contributed by atoms with Crippen molar-refractivity contribution in [1.82, 2.24) is 14.2 Å². The van der Waals surface area contributed by atoms with Gasteiger partial charge in [0.25, 0.3) is 0 Å². The number of aliphatic carboxylic acids is 2. The summed E-state index contributed by atoms with van der Waals surface area (Å²) in [5, 5.41) is 111. The fraction of sp³-hybridized carbons (Fsp3) is 0.951. The van der Waals surface area contributed by atoms with E-state index in [1.165, 1.54) is 21.1 Å². The van der Waals surface area contributed by atoms with Crippen molar-refractivity contribution < 1.29 is 229 Å². The van der Waals surface area contributed by atoms with Crippen LogP contribution in [0.15, 0.2) is 0 Å². The molecule has 0 aliphatic carbocycles. The molecule has 0 saturated carbocycles. The van der Waals surface area contributed by atoms with Crippen molar-refractivity contribution in [3.8, 4) is 0 Å². The van der Waals surface area contributed by atoms with Crippen molar-refractivity contribution in [2.24, 2.45) is 0 Å². The van der Waals surface area contributed by atoms with Crippen LogP contribution >= 0.6 is 61.3 Å². The van der Waals surface area contributed by atoms with Gasteiger partial charge in [-0.2, -0.15) is 25.3 Å². The molecule has 5 aliphatic rings. The summed E-state index contributed by atoms with van der Waals surface area (Å²) < 4.78 is 244. The number of nitrogens with one attached hydrogen (secondary N) is 3. The molecule has 0 aromatic carbocycles. The van der Waals surface area contributed by atoms with E-state index in [1.54, 1.807) is 0 Å². The van der Waals surface area contributed by atoms with Crippen molar-refractivity contribution >= 4 is 104 Å². The molecule has 0 amide bonds. The fourth-order valence-corrected chi connectivity index (χ4v) is 14.6. The second-order valence-corrected chi connectivity index (χ2v) is 27.5. The molecule has 5 rings (SSSR count). The molecule has 60 heteroatoms. The third kappa shape index (κ3) is 22.1. The lowest BCUT2D eigenvalue weighted by atomic mass is 9.75. The van der Waals surface area contributed by atoms with Crippen molar-refractivity contribution in [2.75, 3.05) is 48.8 Å². The normalized spacial score (nSPS) is 39.3. The molecule has 594 valence electrons. The van der Waals surface area contributed by atoms with Crippen molar-refractivity contribution in [3.63, 3.8) is 0 Å². The number of methoxy groups -OCH3 is 5. The topological polar surface area (TPSA) is 683 Å². The molecular formula is C41H73N3O49S8. The van der Waals surface area contributed by atoms with Gasteiger partial charge in [-0.1, -0.05) is 25.2 Å². The molecule has 0 spiro atoms. The van der Waals surface area contributed by atoms with Crippen LogP contribution < -0.4 is 14.2 Å². The minimum atomic E-state index is -5.99. The summed E-state index contributed by atoms with van der Waals surface area (Å²) in [6, 6.07) is -5.25. The maximum Gasteiger partial charge on any atom is 0.397 e. The molecule has 0 aromatic rings. The zero-order chi connectivity index (χ0) is 75.9. The maximum absolute atomic E-state index is 14.0. The average Bonchev–Trinajstić information content (AvgIpc) is 0.720. The Bertz CT molecular complexity index is 2920. The molecule has 0 aromatic heterocycles. The van der Waals surface area contributed by atoms with Gasteiger partial charge in [0.05, 0.1) is 13.2 Å². The molecule has 5 aliphatic heterocycles. The maximum atomic E-state index is 14.0. The van der Waals surface area contributed by atoms with Crippen LogP contribution in [0.5, 0.6) is 0 Å². The van der Waals surface area contributed by atoms with E-state index in [2.05, 4.69) is 65.2 Å². The number of carbonyl (C=O) groups is 2. The summed E-state index contributed by atoms with van der Waals surface area (Å²) in [5.41, 5.74) is -13.1. The van der Waals surface area contributed by atoms with Crippen LogP contribution in [0, 0.1) is 0 Å². The molecular weight excluding hydrogens is 1570 g/mol. The number of aliphatic hydroxyl groups is 2. The standard InChI is InChI=1S/C41H73N3O49S8/c1-14(82-100(59,60)61)18-20(75-35-26(46)39(4,69-11)29(22(76-35)30(47)48)78-34-24(44-96-91-86-53)37(2,67-9)27(65-7)15(73-34)12-70-97-92-87-54)19(81-98-93-88-55)17(42-94-89-84-51)31(74-18)79-40(5)25(45)21(83-101(62,63)64)32(80-41(40,6)36(49)50)77-28-16(13-71-99(56,57)58)72-33(66-8)23(38(28,3)68-10)43-95-90-85-52/h14-29,31-35,42-46,51-55H,12-13H2,1-11H3,(H,47,48)(H,49,50)(H,56,57,58)(H,59,60,61)(H,62,63,64)/t14?,15-,16-,17?,18?,19+,20+,21?,22+,23?,24?,25-,26?,27+,28+,29+,31+,32+,33-,34+,35+,37?,38?,39?,40-,41?/m0/s1. The quantitative estimate of drug-likeness (QED) is 0.00727. The highest BCUT2D eigenvalue weighted by Gasteiger charge is 2.71. The van der Waals surface area contributed by atoms with Crippen LogP contribution in [0.1, 0.15) is 41.5 Å². The number of ether oxygens (including phenoxy) is 14. The third-order valence-corrected chi connectivity index (χ3v) is 20.2. The molecule has 52 nitrogen and oxygen atoms in total. The number of hydrogen-bond donors (Lipinski definition) is 15. The summed E-state index contributed by atoms with van der Waals surface area (Å²) in [6.45, 7) is 3.88. The Kier molecular flexibility index (Phi) is 35.4. The van der Waals surface area contributed by atoms with Gasteiger partial charge < -0.3 is 86.7 Å². The third-order valence-electron chi connectivity index (χ3n) is 16.5. The highest BCUT2D eigenvalue weighted by atomic mass is 32.3. The molecule has 0 radical (unpaired) electrons. The van der Waals surface area contributed by atoms with Gasteiger partial charge in [0.1, 0.15) is 144 Å². The predicted octanol–water partition coefficient (Wildman–Crippen LogP) is -2.89. The molecule has 5 fully saturated rings. The van der Waals surface area contributed by atoms with Crippen LogP contribution in [0.4, 0.5) is 0 Å². The Hall–Kier alpha value is -1.14. The first kappa shape index (κ1) is 90.5. The first-order valence-corrected chi connectivity index (χ1v) is 35.1. The number of aliphatic hydroxyl groups excluding tert-OH is 2. The Balaban J connectivity index is 1.69. The van der Waals surface area contributed by atoms with Crippen LogP contribution in [-0.2, 0) is 175 Å². The Labute approximate surface area is 592 Å². The Morgan fingerprint density at radius 2 is 1.07 bits per heavy atom. The molecule has 5 heterocycles. The minimum Gasteiger partial charge on any atom is -0.479 e. The lowest BCUT2D eigenvalue weighted by molar-refractivity contribution is -0.436. The largest absolute Gasteiger partial charge is 0.479 e. The summed E-state index contributed by atoms with van der Waals surface area (Å²) in [6.07, 6.45) is -40.5. The first-order chi connectivity index (χ1) is 47.3. The van der Waals surface area contributed by atoms with E-state index in [0.717, 1.165) is 42.1 Å². The number of carboxylic acids is 2. The molecule has 101 heavy (non-hydrogen) atoms. The van der Waals surface area contributed by atoms with Crippen LogP contribution in [-0.4, -0.2) is 303 Å². The summed E-state index contributed by atoms with van der Waals surface area (Å²) in [4.78, 5) is 27.6. The van der Waals surface area contributed by atoms with Gasteiger partial charge in [0.2, 0.25) is 0 Å². The summed E-state index contributed by atoms with van der Waals surface area (Å²) in [5.74, 6) is -4.17. The lowest BCUT2D eigenvalue weighted by Gasteiger charge is -2.58. The highest BCUT2D eigenvalue weighted by Crippen LogP contribution is 2.49. The van der Waals surface area contributed by atoms with Gasteiger partial charge in [0, 0.05) is 35.5 Å². The second-order valence-electron chi connectivity index (χ2n) is 21.7. The number of rotatable bonds is 44. The van der Waals surface area contributed by atoms with E-state index >= 15 is 0 Å². The number of carboxylic acid groups (broad SMARTS) is 2. The summed E-state index contributed by atoms with van der Waals surface area (Å²) in [7, 11) is -11.7. The predicted molar refractivity (Wildman–Crippen MR) is 313 cm³/mol. The Morgan fingerprint density at radius 3 is 1.57 bits per heavy atom. The molecule has 11 unspecified atom stereocenters. The number of hydrogen-bond acceptors (Lipinski definition) is 52. The zero-order valence-corrected chi connectivity index (χ0v) is 59.8. The molecule has 0 bridgehead atoms. The van der Waals surface area contributed by atoms with E-state index in [-0.39, 0.29) is 61.3 Å². The second kappa shape index (κ2) is 39.5. The molecule has 15 N–H and O–H groups in total. The highest BCUT2D eigenvalue weighted by molar-refractivity contribution is 7.93. The minimum absolute atomic E-state index is 0.101. The van der Waals surface area contributed by atoms with Gasteiger partial charge in [-0.25, -0.2) is 62.6 Å². The van der Waals surface area contributed by atoms with Crippen LogP contribution in [0.3, 0.4) is 0 Å². The van der Waals surface area contributed by atoms with Crippen molar-refractivity contribution in [2.45, 2.75) is 198 Å². The van der Waals surface area contributed by atoms with Crippen LogP contribution in [0.2, 0.25) is 0 Å².